The highest BCUT2D eigenvalue weighted by Crippen LogP contribution is 2.34. The highest BCUT2D eigenvalue weighted by atomic mass is 35.5. The van der Waals surface area contributed by atoms with Gasteiger partial charge in [0.25, 0.3) is 0 Å². The predicted octanol–water partition coefficient (Wildman–Crippen LogP) is 1.84. The standard InChI is InChI=1S/C10H12ClN5O.2ClH/c11-6-3-14-10(16-2-1-5(12)4-16)8-7(6)9(13)15-17-8;;/h3,5H,1-2,4,12H2,(H2,13,15);2*1H. The lowest BCUT2D eigenvalue weighted by Gasteiger charge is -2.16. The molecule has 4 N–H and O–H groups in total. The van der Waals surface area contributed by atoms with E-state index in [0.29, 0.717) is 21.8 Å². The second kappa shape index (κ2) is 6.00. The van der Waals surface area contributed by atoms with Crippen molar-refractivity contribution in [1.82, 2.24) is 10.1 Å². The maximum absolute atomic E-state index is 6.03. The molecule has 6 nitrogen and oxygen atoms in total. The molecule has 1 aliphatic rings. The molecule has 0 aromatic carbocycles. The maximum atomic E-state index is 6.03. The molecule has 0 amide bonds. The first-order valence-electron chi connectivity index (χ1n) is 5.36. The number of fused-ring (bicyclic) bond motifs is 1. The molecule has 1 saturated heterocycles. The zero-order chi connectivity index (χ0) is 12.0. The quantitative estimate of drug-likeness (QED) is 0.830. The third-order valence-corrected chi connectivity index (χ3v) is 3.27. The first kappa shape index (κ1) is 16.1. The van der Waals surface area contributed by atoms with Crippen molar-refractivity contribution in [3.8, 4) is 0 Å². The van der Waals surface area contributed by atoms with E-state index >= 15 is 0 Å². The number of aromatic nitrogens is 2. The van der Waals surface area contributed by atoms with E-state index in [0.717, 1.165) is 19.5 Å². The van der Waals surface area contributed by atoms with Gasteiger partial charge in [0.1, 0.15) is 0 Å². The molecule has 106 valence electrons. The van der Waals surface area contributed by atoms with Gasteiger partial charge in [0.15, 0.2) is 11.6 Å². The number of hydrogen-bond acceptors (Lipinski definition) is 6. The largest absolute Gasteiger partial charge is 0.380 e. The molecule has 1 fully saturated rings. The molecule has 2 aromatic heterocycles. The third-order valence-electron chi connectivity index (χ3n) is 2.98. The fourth-order valence-electron chi connectivity index (χ4n) is 2.13. The summed E-state index contributed by atoms with van der Waals surface area (Å²) >= 11 is 6.03. The monoisotopic (exact) mass is 325 g/mol. The number of hydrogen-bond donors (Lipinski definition) is 2. The van der Waals surface area contributed by atoms with Crippen LogP contribution >= 0.6 is 36.4 Å². The highest BCUT2D eigenvalue weighted by molar-refractivity contribution is 6.36. The van der Waals surface area contributed by atoms with Crippen molar-refractivity contribution in [3.05, 3.63) is 11.2 Å². The van der Waals surface area contributed by atoms with Gasteiger partial charge in [0.05, 0.1) is 10.4 Å². The Balaban J connectivity index is 0.000000902. The Morgan fingerprint density at radius 2 is 2.16 bits per heavy atom. The van der Waals surface area contributed by atoms with E-state index in [1.54, 1.807) is 6.20 Å². The SMILES string of the molecule is Cl.Cl.Nc1noc2c(N3CCC(N)C3)ncc(Cl)c12. The lowest BCUT2D eigenvalue weighted by molar-refractivity contribution is 0.459. The van der Waals surface area contributed by atoms with E-state index in [-0.39, 0.29) is 36.7 Å². The molecule has 19 heavy (non-hydrogen) atoms. The molecule has 0 bridgehead atoms. The second-order valence-electron chi connectivity index (χ2n) is 4.20. The van der Waals surface area contributed by atoms with E-state index in [1.165, 1.54) is 0 Å². The molecular weight excluding hydrogens is 313 g/mol. The number of pyridine rings is 1. The zero-order valence-electron chi connectivity index (χ0n) is 9.88. The van der Waals surface area contributed by atoms with Crippen molar-refractivity contribution in [2.24, 2.45) is 5.73 Å². The molecule has 0 spiro atoms. The van der Waals surface area contributed by atoms with Crippen molar-refractivity contribution in [3.63, 3.8) is 0 Å². The Labute approximate surface area is 127 Å². The van der Waals surface area contributed by atoms with Crippen LogP contribution in [-0.4, -0.2) is 29.3 Å². The van der Waals surface area contributed by atoms with Gasteiger partial charge in [-0.05, 0) is 6.42 Å². The van der Waals surface area contributed by atoms with Crippen molar-refractivity contribution in [1.29, 1.82) is 0 Å². The molecule has 1 aliphatic heterocycles. The van der Waals surface area contributed by atoms with Gasteiger partial charge in [-0.15, -0.1) is 24.8 Å². The van der Waals surface area contributed by atoms with Gasteiger partial charge in [-0.3, -0.25) is 0 Å². The number of nitrogens with zero attached hydrogens (tertiary/aromatic N) is 3. The number of anilines is 2. The van der Waals surface area contributed by atoms with Gasteiger partial charge in [-0.1, -0.05) is 16.8 Å². The Morgan fingerprint density at radius 1 is 1.42 bits per heavy atom. The van der Waals surface area contributed by atoms with Crippen LogP contribution in [0.3, 0.4) is 0 Å². The van der Waals surface area contributed by atoms with Crippen LogP contribution in [0.4, 0.5) is 11.6 Å². The topological polar surface area (TPSA) is 94.2 Å². The Kier molecular flexibility index (Phi) is 5.09. The minimum Gasteiger partial charge on any atom is -0.380 e. The summed E-state index contributed by atoms with van der Waals surface area (Å²) in [4.78, 5) is 6.35. The van der Waals surface area contributed by atoms with Crippen molar-refractivity contribution in [2.75, 3.05) is 23.7 Å². The van der Waals surface area contributed by atoms with Crippen LogP contribution in [0.1, 0.15) is 6.42 Å². The predicted molar refractivity (Wildman–Crippen MR) is 80.5 cm³/mol. The van der Waals surface area contributed by atoms with Gasteiger partial charge < -0.3 is 20.9 Å². The van der Waals surface area contributed by atoms with Gasteiger partial charge in [-0.2, -0.15) is 0 Å². The van der Waals surface area contributed by atoms with E-state index in [4.69, 9.17) is 27.6 Å². The summed E-state index contributed by atoms with van der Waals surface area (Å²) in [6.07, 6.45) is 2.51. The first-order valence-corrected chi connectivity index (χ1v) is 5.74. The fraction of sp³-hybridized carbons (Fsp3) is 0.400. The van der Waals surface area contributed by atoms with Crippen molar-refractivity contribution in [2.45, 2.75) is 12.5 Å². The highest BCUT2D eigenvalue weighted by Gasteiger charge is 2.25. The lowest BCUT2D eigenvalue weighted by Crippen LogP contribution is -2.26. The molecule has 0 radical (unpaired) electrons. The van der Waals surface area contributed by atoms with Crippen LogP contribution in [0.15, 0.2) is 10.7 Å². The molecule has 3 rings (SSSR count). The van der Waals surface area contributed by atoms with Crippen LogP contribution in [0.5, 0.6) is 0 Å². The van der Waals surface area contributed by atoms with Crippen molar-refractivity contribution >= 4 is 59.0 Å². The normalized spacial score (nSPS) is 18.2. The molecule has 1 unspecified atom stereocenters. The van der Waals surface area contributed by atoms with Crippen LogP contribution in [0, 0.1) is 0 Å². The molecule has 9 heteroatoms. The van der Waals surface area contributed by atoms with Crippen LogP contribution in [0.25, 0.3) is 11.0 Å². The van der Waals surface area contributed by atoms with E-state index in [2.05, 4.69) is 15.0 Å². The molecule has 3 heterocycles. The molecule has 1 atom stereocenters. The molecule has 0 aliphatic carbocycles. The maximum Gasteiger partial charge on any atom is 0.212 e. The second-order valence-corrected chi connectivity index (χ2v) is 4.60. The number of nitrogen functional groups attached to an aromatic ring is 1. The Hall–Kier alpha value is -0.950. The van der Waals surface area contributed by atoms with Crippen LogP contribution < -0.4 is 16.4 Å². The summed E-state index contributed by atoms with van der Waals surface area (Å²) in [5.74, 6) is 0.999. The third kappa shape index (κ3) is 2.67. The summed E-state index contributed by atoms with van der Waals surface area (Å²) in [7, 11) is 0. The summed E-state index contributed by atoms with van der Waals surface area (Å²) in [6.45, 7) is 1.61. The van der Waals surface area contributed by atoms with Gasteiger partial charge in [-0.25, -0.2) is 4.98 Å². The number of rotatable bonds is 1. The van der Waals surface area contributed by atoms with Crippen LogP contribution in [-0.2, 0) is 0 Å². The zero-order valence-corrected chi connectivity index (χ0v) is 12.3. The molecule has 2 aromatic rings. The van der Waals surface area contributed by atoms with E-state index in [1.807, 2.05) is 0 Å². The number of halogens is 3. The first-order chi connectivity index (χ1) is 8.16. The van der Waals surface area contributed by atoms with Crippen LogP contribution in [0.2, 0.25) is 5.02 Å². The smallest absolute Gasteiger partial charge is 0.212 e. The Bertz CT molecular complexity index is 576. The van der Waals surface area contributed by atoms with E-state index < -0.39 is 0 Å². The summed E-state index contributed by atoms with van der Waals surface area (Å²) < 4.78 is 5.20. The summed E-state index contributed by atoms with van der Waals surface area (Å²) in [5.41, 5.74) is 12.1. The fourth-order valence-corrected chi connectivity index (χ4v) is 2.36. The lowest BCUT2D eigenvalue weighted by atomic mass is 10.3. The van der Waals surface area contributed by atoms with Gasteiger partial charge in [0.2, 0.25) is 5.58 Å². The van der Waals surface area contributed by atoms with Crippen molar-refractivity contribution < 1.29 is 4.52 Å². The molecular formula is C10H14Cl3N5O. The average molecular weight is 327 g/mol. The summed E-state index contributed by atoms with van der Waals surface area (Å²) in [5, 5.41) is 4.80. The minimum atomic E-state index is 0. The van der Waals surface area contributed by atoms with E-state index in [9.17, 15) is 0 Å². The molecule has 0 saturated carbocycles. The van der Waals surface area contributed by atoms with Gasteiger partial charge in [0, 0.05) is 25.3 Å². The Morgan fingerprint density at radius 3 is 2.79 bits per heavy atom. The summed E-state index contributed by atoms with van der Waals surface area (Å²) in [6, 6.07) is 0.169. The minimum absolute atomic E-state index is 0. The van der Waals surface area contributed by atoms with Gasteiger partial charge >= 0.3 is 0 Å². The number of nitrogens with two attached hydrogens (primary N) is 2. The average Bonchev–Trinajstić information content (AvgIpc) is 2.87.